The van der Waals surface area contributed by atoms with Gasteiger partial charge in [-0.3, -0.25) is 0 Å². The minimum atomic E-state index is -0.261. The summed E-state index contributed by atoms with van der Waals surface area (Å²) in [5.41, 5.74) is 0. The summed E-state index contributed by atoms with van der Waals surface area (Å²) in [5, 5.41) is 0. The number of halogens is 1. The predicted molar refractivity (Wildman–Crippen MR) is 38.9 cm³/mol. The first-order valence-corrected chi connectivity index (χ1v) is 7.00. The van der Waals surface area contributed by atoms with Gasteiger partial charge in [0.15, 0.2) is 0 Å². The van der Waals surface area contributed by atoms with E-state index >= 15 is 0 Å². The Kier molecular flexibility index (Phi) is 4.49. The molecule has 0 aromatic rings. The van der Waals surface area contributed by atoms with Gasteiger partial charge in [0.05, 0.1) is 0 Å². The van der Waals surface area contributed by atoms with E-state index in [1.54, 1.807) is 0 Å². The molecule has 0 bridgehead atoms. The normalized spacial score (nSPS) is 15.2. The van der Waals surface area contributed by atoms with E-state index in [4.69, 9.17) is 0 Å². The zero-order valence-electron chi connectivity index (χ0n) is 1.72. The zero-order chi connectivity index (χ0) is 3.58. The van der Waals surface area contributed by atoms with E-state index in [2.05, 4.69) is 40.7 Å². The van der Waals surface area contributed by atoms with E-state index in [-0.39, 0.29) is 6.07 Å². The van der Waals surface area contributed by atoms with Gasteiger partial charge >= 0.3 is 46.8 Å². The average Bonchev–Trinajstić information content (AvgIpc) is 0.811. The van der Waals surface area contributed by atoms with E-state index in [1.807, 2.05) is 0 Å². The third-order valence-electron chi connectivity index (χ3n) is 0. The van der Waals surface area contributed by atoms with Gasteiger partial charge in [0, 0.05) is 0 Å². The quantitative estimate of drug-likeness (QED) is 0.268. The summed E-state index contributed by atoms with van der Waals surface area (Å²) in [6.07, 6.45) is -0.261. The maximum absolute atomic E-state index is 3.88. The Balaban J connectivity index is 3.02. The first kappa shape index (κ1) is 5.86. The number of hydrogen-bond acceptors (Lipinski definition) is 1. The molecule has 1 unspecified atom stereocenters. The van der Waals surface area contributed by atoms with Crippen molar-refractivity contribution in [2.24, 2.45) is 0 Å². The average molecular weight is 224 g/mol. The third-order valence-corrected chi connectivity index (χ3v) is 0. The molecule has 0 nitrogen and oxygen atoms in total. The molecule has 0 spiro atoms. The van der Waals surface area contributed by atoms with Crippen molar-refractivity contribution >= 4 is 46.8 Å². The van der Waals surface area contributed by atoms with Crippen LogP contribution in [-0.2, 0) is 0 Å². The van der Waals surface area contributed by atoms with Crippen molar-refractivity contribution in [1.82, 2.24) is 0 Å². The summed E-state index contributed by atoms with van der Waals surface area (Å²) in [4.78, 5) is 0. The van der Waals surface area contributed by atoms with Crippen molar-refractivity contribution in [3.05, 3.63) is 0 Å². The second-order valence-corrected chi connectivity index (χ2v) is 11.5. The van der Waals surface area contributed by atoms with Crippen LogP contribution in [0.4, 0.5) is 0 Å². The zero-order valence-corrected chi connectivity index (χ0v) is 6.56. The fourth-order valence-electron chi connectivity index (χ4n) is 0. The second kappa shape index (κ2) is 3.07. The molecule has 0 aliphatic carbocycles. The Hall–Kier alpha value is 1.86. The molecule has 1 atom stereocenters. The molecule has 0 radical (unpaired) electrons. The monoisotopic (exact) mass is 224 g/mol. The Labute approximate surface area is 46.5 Å². The van der Waals surface area contributed by atoms with Gasteiger partial charge in [-0.1, -0.05) is 0 Å². The van der Waals surface area contributed by atoms with E-state index in [1.165, 1.54) is 0 Å². The van der Waals surface area contributed by atoms with Crippen LogP contribution in [0.15, 0.2) is 0 Å². The fourth-order valence-corrected chi connectivity index (χ4v) is 0. The molecular formula is H2IPS2. The minimum absolute atomic E-state index is 0.261. The topological polar surface area (TPSA) is 0 Å². The summed E-state index contributed by atoms with van der Waals surface area (Å²) in [6, 6.07) is 0. The number of thiol groups is 2. The molecular weight excluding hydrogens is 222 g/mol. The Morgan fingerprint density at radius 3 is 2.00 bits per heavy atom. The summed E-state index contributed by atoms with van der Waals surface area (Å²) in [5.74, 6) is 0. The van der Waals surface area contributed by atoms with Gasteiger partial charge in [-0.2, -0.15) is 0 Å². The van der Waals surface area contributed by atoms with Crippen molar-refractivity contribution in [1.29, 1.82) is 0 Å². The van der Waals surface area contributed by atoms with Crippen LogP contribution >= 0.6 is 46.8 Å². The molecule has 0 N–H and O–H groups in total. The molecule has 0 heterocycles. The molecule has 0 rings (SSSR count). The summed E-state index contributed by atoms with van der Waals surface area (Å²) < 4.78 is 0. The molecule has 0 saturated carbocycles. The van der Waals surface area contributed by atoms with Gasteiger partial charge in [0.25, 0.3) is 0 Å². The van der Waals surface area contributed by atoms with Gasteiger partial charge in [0.1, 0.15) is 0 Å². The predicted octanol–water partition coefficient (Wildman–Crippen LogP) is 2.51. The van der Waals surface area contributed by atoms with Crippen LogP contribution in [0, 0.1) is 0 Å². The standard InChI is InChI=1S/H2IPS2/c1-4(2)3/h3-4H. The van der Waals surface area contributed by atoms with Crippen LogP contribution in [-0.4, -0.2) is 0 Å². The molecule has 0 fully saturated rings. The molecule has 0 aromatic heterocycles. The molecule has 4 heteroatoms. The van der Waals surface area contributed by atoms with Crippen LogP contribution in [0.5, 0.6) is 0 Å². The van der Waals surface area contributed by atoms with E-state index in [0.717, 1.165) is 0 Å². The first-order chi connectivity index (χ1) is 1.73. The van der Waals surface area contributed by atoms with Crippen LogP contribution in [0.25, 0.3) is 0 Å². The Bertz CT molecular complexity index is 52.2. The SMILES string of the molecule is P#[SH](S)I. The fraction of sp³-hybridized carbons (Fsp3) is 0. The van der Waals surface area contributed by atoms with Crippen LogP contribution in [0.2, 0.25) is 0 Å². The van der Waals surface area contributed by atoms with Gasteiger partial charge < -0.3 is 0 Å². The maximum atomic E-state index is 3.88. The van der Waals surface area contributed by atoms with Crippen LogP contribution < -0.4 is 0 Å². The molecule has 4 heavy (non-hydrogen) atoms. The van der Waals surface area contributed by atoms with Gasteiger partial charge in [0.2, 0.25) is 0 Å². The molecule has 26 valence electrons. The van der Waals surface area contributed by atoms with Gasteiger partial charge in [-0.05, 0) is 0 Å². The first-order valence-electron chi connectivity index (χ1n) is 0.569. The van der Waals surface area contributed by atoms with Crippen molar-refractivity contribution in [2.45, 2.75) is 0 Å². The van der Waals surface area contributed by atoms with Crippen molar-refractivity contribution in [2.75, 3.05) is 0 Å². The van der Waals surface area contributed by atoms with E-state index in [0.29, 0.717) is 0 Å². The summed E-state index contributed by atoms with van der Waals surface area (Å²) >= 11 is 6.02. The third kappa shape index (κ3) is 9.13. The number of rotatable bonds is 0. The molecule has 0 aromatic carbocycles. The summed E-state index contributed by atoms with van der Waals surface area (Å²) in [7, 11) is 3.88. The van der Waals surface area contributed by atoms with E-state index in [9.17, 15) is 0 Å². The molecule has 0 saturated heterocycles. The van der Waals surface area contributed by atoms with Gasteiger partial charge in [-0.15, -0.1) is 0 Å². The van der Waals surface area contributed by atoms with Crippen molar-refractivity contribution in [3.63, 3.8) is 0 Å². The van der Waals surface area contributed by atoms with Crippen molar-refractivity contribution < 1.29 is 0 Å². The van der Waals surface area contributed by atoms with E-state index < -0.39 is 0 Å². The van der Waals surface area contributed by atoms with Crippen LogP contribution in [0.1, 0.15) is 0 Å². The van der Waals surface area contributed by atoms with Crippen molar-refractivity contribution in [3.8, 4) is 0 Å². The Morgan fingerprint density at radius 1 is 2.00 bits per heavy atom. The second-order valence-electron chi connectivity index (χ2n) is 0.241. The number of hydrogen-bond donors (Lipinski definition) is 2. The van der Waals surface area contributed by atoms with Gasteiger partial charge in [-0.25, -0.2) is 0 Å². The molecule has 0 amide bonds. The molecule has 0 aliphatic heterocycles. The molecule has 0 aliphatic rings. The van der Waals surface area contributed by atoms with Crippen LogP contribution in [0.3, 0.4) is 0 Å². The Morgan fingerprint density at radius 2 is 2.00 bits per heavy atom. The summed E-state index contributed by atoms with van der Waals surface area (Å²) in [6.45, 7) is 0.